The molecule has 1 aromatic rings. The highest BCUT2D eigenvalue weighted by Crippen LogP contribution is 2.41. The maximum atomic E-state index is 12.5. The topological polar surface area (TPSA) is 41.4 Å². The van der Waals surface area contributed by atoms with Gasteiger partial charge in [-0.3, -0.25) is 14.4 Å². The van der Waals surface area contributed by atoms with Crippen LogP contribution in [0, 0.1) is 5.92 Å². The van der Waals surface area contributed by atoms with E-state index in [1.54, 1.807) is 10.9 Å². The fourth-order valence-corrected chi connectivity index (χ4v) is 3.83. The second-order valence-electron chi connectivity index (χ2n) is 6.80. The molecule has 2 saturated heterocycles. The summed E-state index contributed by atoms with van der Waals surface area (Å²) in [6, 6.07) is 0. The van der Waals surface area contributed by atoms with Crippen LogP contribution in [0.5, 0.6) is 0 Å². The molecule has 1 spiro atoms. The van der Waals surface area contributed by atoms with E-state index in [4.69, 9.17) is 0 Å². The molecule has 5 nitrogen and oxygen atoms in total. The van der Waals surface area contributed by atoms with E-state index in [2.05, 4.69) is 14.9 Å². The number of likely N-dealkylation sites (tertiary alicyclic amines) is 2. The van der Waals surface area contributed by atoms with Crippen molar-refractivity contribution in [1.82, 2.24) is 19.6 Å². The van der Waals surface area contributed by atoms with Gasteiger partial charge in [-0.25, -0.2) is 0 Å². The molecule has 2 aliphatic heterocycles. The van der Waals surface area contributed by atoms with Crippen molar-refractivity contribution in [1.29, 1.82) is 0 Å². The Hall–Kier alpha value is -1.36. The summed E-state index contributed by atoms with van der Waals surface area (Å²) in [6.45, 7) is 4.31. The minimum atomic E-state index is 0.149. The van der Waals surface area contributed by atoms with Crippen molar-refractivity contribution in [2.75, 3.05) is 26.2 Å². The summed E-state index contributed by atoms with van der Waals surface area (Å²) in [4.78, 5) is 17.1. The molecule has 0 aromatic carbocycles. The molecule has 1 saturated carbocycles. The van der Waals surface area contributed by atoms with Gasteiger partial charge in [0.25, 0.3) is 5.91 Å². The molecule has 1 aliphatic carbocycles. The number of hydrogen-bond donors (Lipinski definition) is 0. The van der Waals surface area contributed by atoms with Gasteiger partial charge in [-0.15, -0.1) is 0 Å². The van der Waals surface area contributed by atoms with Gasteiger partial charge < -0.3 is 4.90 Å². The highest BCUT2D eigenvalue weighted by molar-refractivity contribution is 5.95. The SMILES string of the molecule is Cn1cc(C(=O)N2CCC23CN(CC2CCC2)C3)cn1. The van der Waals surface area contributed by atoms with Crippen LogP contribution in [0.4, 0.5) is 0 Å². The molecule has 3 aliphatic rings. The molecule has 1 aromatic heterocycles. The van der Waals surface area contributed by atoms with E-state index in [1.807, 2.05) is 13.2 Å². The molecule has 0 N–H and O–H groups in total. The van der Waals surface area contributed by atoms with E-state index >= 15 is 0 Å². The van der Waals surface area contributed by atoms with Gasteiger partial charge in [0.2, 0.25) is 0 Å². The summed E-state index contributed by atoms with van der Waals surface area (Å²) in [6.07, 6.45) is 8.89. The normalized spacial score (nSPS) is 25.1. The smallest absolute Gasteiger partial charge is 0.257 e. The lowest BCUT2D eigenvalue weighted by atomic mass is 9.75. The maximum Gasteiger partial charge on any atom is 0.257 e. The summed E-state index contributed by atoms with van der Waals surface area (Å²) in [5.74, 6) is 1.09. The molecule has 108 valence electrons. The largest absolute Gasteiger partial charge is 0.330 e. The van der Waals surface area contributed by atoms with Crippen molar-refractivity contribution in [3.05, 3.63) is 18.0 Å². The lowest BCUT2D eigenvalue weighted by Gasteiger charge is -2.63. The van der Waals surface area contributed by atoms with E-state index in [9.17, 15) is 4.79 Å². The lowest BCUT2D eigenvalue weighted by molar-refractivity contribution is -0.106. The Bertz CT molecular complexity index is 528. The lowest BCUT2D eigenvalue weighted by Crippen LogP contribution is -2.78. The molecular weight excluding hydrogens is 252 g/mol. The van der Waals surface area contributed by atoms with Gasteiger partial charge >= 0.3 is 0 Å². The number of amides is 1. The number of carbonyl (C=O) groups is 1. The Morgan fingerprint density at radius 1 is 1.45 bits per heavy atom. The van der Waals surface area contributed by atoms with E-state index in [0.717, 1.165) is 31.1 Å². The average Bonchev–Trinajstić information content (AvgIpc) is 2.70. The van der Waals surface area contributed by atoms with E-state index in [0.29, 0.717) is 0 Å². The van der Waals surface area contributed by atoms with Crippen LogP contribution < -0.4 is 0 Å². The van der Waals surface area contributed by atoms with Crippen molar-refractivity contribution >= 4 is 5.91 Å². The second-order valence-corrected chi connectivity index (χ2v) is 6.80. The summed E-state index contributed by atoms with van der Waals surface area (Å²) < 4.78 is 1.70. The monoisotopic (exact) mass is 274 g/mol. The van der Waals surface area contributed by atoms with Crippen LogP contribution in [0.2, 0.25) is 0 Å². The fraction of sp³-hybridized carbons (Fsp3) is 0.733. The van der Waals surface area contributed by atoms with Crippen molar-refractivity contribution < 1.29 is 4.79 Å². The number of nitrogens with zero attached hydrogens (tertiary/aromatic N) is 4. The van der Waals surface area contributed by atoms with Gasteiger partial charge in [-0.05, 0) is 25.2 Å². The molecule has 4 rings (SSSR count). The number of carbonyl (C=O) groups excluding carboxylic acids is 1. The van der Waals surface area contributed by atoms with Crippen LogP contribution in [-0.2, 0) is 7.05 Å². The first-order chi connectivity index (χ1) is 9.66. The van der Waals surface area contributed by atoms with E-state index in [-0.39, 0.29) is 11.4 Å². The Balaban J connectivity index is 1.37. The standard InChI is InChI=1S/C15H22N4O/c1-17-9-13(7-16-17)14(20)19-6-5-15(19)10-18(11-15)8-12-3-2-4-12/h7,9,12H,2-6,8,10-11H2,1H3. The van der Waals surface area contributed by atoms with Crippen molar-refractivity contribution in [3.8, 4) is 0 Å². The highest BCUT2D eigenvalue weighted by Gasteiger charge is 2.55. The first-order valence-corrected chi connectivity index (χ1v) is 7.69. The number of aryl methyl sites for hydroxylation is 1. The van der Waals surface area contributed by atoms with E-state index in [1.165, 1.54) is 32.2 Å². The minimum absolute atomic E-state index is 0.149. The Morgan fingerprint density at radius 3 is 2.75 bits per heavy atom. The van der Waals surface area contributed by atoms with Crippen LogP contribution in [0.25, 0.3) is 0 Å². The predicted octanol–water partition coefficient (Wildman–Crippen LogP) is 1.12. The molecule has 3 fully saturated rings. The van der Waals surface area contributed by atoms with Gasteiger partial charge in [-0.1, -0.05) is 6.42 Å². The predicted molar refractivity (Wildman–Crippen MR) is 75.4 cm³/mol. The first-order valence-electron chi connectivity index (χ1n) is 7.69. The zero-order chi connectivity index (χ0) is 13.7. The number of rotatable bonds is 3. The van der Waals surface area contributed by atoms with Crippen molar-refractivity contribution in [3.63, 3.8) is 0 Å². The molecular formula is C15H22N4O. The molecule has 0 radical (unpaired) electrons. The quantitative estimate of drug-likeness (QED) is 0.829. The third-order valence-corrected chi connectivity index (χ3v) is 5.35. The fourth-order valence-electron chi connectivity index (χ4n) is 3.83. The van der Waals surface area contributed by atoms with Crippen molar-refractivity contribution in [2.24, 2.45) is 13.0 Å². The van der Waals surface area contributed by atoms with Gasteiger partial charge in [-0.2, -0.15) is 5.10 Å². The third-order valence-electron chi connectivity index (χ3n) is 5.35. The summed E-state index contributed by atoms with van der Waals surface area (Å²) in [5, 5.41) is 4.10. The maximum absolute atomic E-state index is 12.5. The van der Waals surface area contributed by atoms with Crippen LogP contribution in [0.1, 0.15) is 36.0 Å². The summed E-state index contributed by atoms with van der Waals surface area (Å²) in [5.41, 5.74) is 0.875. The Morgan fingerprint density at radius 2 is 2.25 bits per heavy atom. The van der Waals surface area contributed by atoms with Crippen LogP contribution >= 0.6 is 0 Å². The van der Waals surface area contributed by atoms with Crippen molar-refractivity contribution in [2.45, 2.75) is 31.2 Å². The van der Waals surface area contributed by atoms with Gasteiger partial charge in [0.15, 0.2) is 0 Å². The average molecular weight is 274 g/mol. The number of hydrogen-bond acceptors (Lipinski definition) is 3. The van der Waals surface area contributed by atoms with Crippen LogP contribution in [0.15, 0.2) is 12.4 Å². The molecule has 3 heterocycles. The highest BCUT2D eigenvalue weighted by atomic mass is 16.2. The molecule has 0 bridgehead atoms. The van der Waals surface area contributed by atoms with Crippen LogP contribution in [-0.4, -0.2) is 57.2 Å². The summed E-state index contributed by atoms with van der Waals surface area (Å²) in [7, 11) is 1.85. The molecule has 0 atom stereocenters. The molecule has 5 heteroatoms. The van der Waals surface area contributed by atoms with E-state index < -0.39 is 0 Å². The zero-order valence-electron chi connectivity index (χ0n) is 12.1. The number of aromatic nitrogens is 2. The zero-order valence-corrected chi connectivity index (χ0v) is 12.1. The molecule has 20 heavy (non-hydrogen) atoms. The second kappa shape index (κ2) is 4.32. The Labute approximate surface area is 119 Å². The summed E-state index contributed by atoms with van der Waals surface area (Å²) >= 11 is 0. The van der Waals surface area contributed by atoms with Gasteiger partial charge in [0, 0.05) is 39.4 Å². The van der Waals surface area contributed by atoms with Gasteiger partial charge in [0.1, 0.15) is 0 Å². The third kappa shape index (κ3) is 1.79. The molecule has 1 amide bonds. The van der Waals surface area contributed by atoms with Gasteiger partial charge in [0.05, 0.1) is 17.3 Å². The van der Waals surface area contributed by atoms with Crippen LogP contribution in [0.3, 0.4) is 0 Å². The first kappa shape index (κ1) is 12.4. The Kier molecular flexibility index (Phi) is 2.67. The minimum Gasteiger partial charge on any atom is -0.330 e. The molecule has 0 unspecified atom stereocenters.